The molecule has 0 fully saturated rings. The Kier molecular flexibility index (Phi) is 5.55. The van der Waals surface area contributed by atoms with E-state index < -0.39 is 22.2 Å². The standard InChI is InChI=1S/C15H11NO2.C13H10N2O4/c1-16-14(17)12-8-4-2-6-10(12)11-7-3-5-9-13(11)15(16)18;1-3-15-12(18)8-4-6-7(5-9(8)13(15)19)11(17)14(2)10(6)16/h2-9H,1H3;4-5H,3H2,1-2H3. The molecular formula is C28H21N3O6. The average Bonchev–Trinajstić information content (AvgIpc) is 3.26. The van der Waals surface area contributed by atoms with E-state index in [1.165, 1.54) is 30.8 Å². The van der Waals surface area contributed by atoms with Crippen molar-refractivity contribution in [3.05, 3.63) is 123 Å². The van der Waals surface area contributed by atoms with Gasteiger partial charge in [0, 0.05) is 31.4 Å². The number of hydrogen-bond acceptors (Lipinski definition) is 6. The summed E-state index contributed by atoms with van der Waals surface area (Å²) in [7, 11) is 2.89. The lowest BCUT2D eigenvalue weighted by Crippen LogP contribution is -2.26. The largest absolute Gasteiger partial charge is 0.277 e. The van der Waals surface area contributed by atoms with Crippen LogP contribution in [0.25, 0.3) is 43.1 Å². The Hall–Kier alpha value is -4.92. The van der Waals surface area contributed by atoms with Crippen molar-refractivity contribution in [2.24, 2.45) is 14.1 Å². The third kappa shape index (κ3) is 3.47. The molecule has 0 N–H and O–H groups in total. The van der Waals surface area contributed by atoms with E-state index in [1.54, 1.807) is 19.1 Å². The highest BCUT2D eigenvalue weighted by Crippen LogP contribution is 2.19. The van der Waals surface area contributed by atoms with Crippen LogP contribution in [0.4, 0.5) is 0 Å². The van der Waals surface area contributed by atoms with Gasteiger partial charge in [-0.25, -0.2) is 0 Å². The lowest BCUT2D eigenvalue weighted by atomic mass is 10.1. The van der Waals surface area contributed by atoms with Crippen LogP contribution in [0, 0.1) is 0 Å². The molecule has 184 valence electrons. The van der Waals surface area contributed by atoms with E-state index in [0.29, 0.717) is 10.8 Å². The topological polar surface area (TPSA) is 117 Å². The lowest BCUT2D eigenvalue weighted by molar-refractivity contribution is 0.722. The normalized spacial score (nSPS) is 11.3. The van der Waals surface area contributed by atoms with Crippen LogP contribution in [0.3, 0.4) is 0 Å². The van der Waals surface area contributed by atoms with E-state index in [-0.39, 0.29) is 39.2 Å². The first kappa shape index (κ1) is 23.8. The van der Waals surface area contributed by atoms with Crippen LogP contribution in [0.1, 0.15) is 6.92 Å². The van der Waals surface area contributed by atoms with Gasteiger partial charge in [0.1, 0.15) is 0 Å². The van der Waals surface area contributed by atoms with Crippen molar-refractivity contribution in [3.8, 4) is 0 Å². The first-order valence-corrected chi connectivity index (χ1v) is 11.5. The van der Waals surface area contributed by atoms with Crippen LogP contribution in [0.15, 0.2) is 89.4 Å². The minimum atomic E-state index is -0.446. The van der Waals surface area contributed by atoms with Crippen molar-refractivity contribution in [1.29, 1.82) is 0 Å². The number of fused-ring (bicyclic) bond motifs is 5. The Morgan fingerprint density at radius 3 is 1.11 bits per heavy atom. The molecule has 0 saturated heterocycles. The maximum absolute atomic E-state index is 12.2. The Balaban J connectivity index is 0.000000152. The van der Waals surface area contributed by atoms with Crippen LogP contribution in [0.2, 0.25) is 0 Å². The van der Waals surface area contributed by atoms with Crippen molar-refractivity contribution in [2.75, 3.05) is 0 Å². The van der Waals surface area contributed by atoms with Crippen LogP contribution < -0.4 is 33.4 Å². The maximum atomic E-state index is 12.2. The van der Waals surface area contributed by atoms with E-state index in [9.17, 15) is 28.8 Å². The van der Waals surface area contributed by atoms with Crippen molar-refractivity contribution >= 4 is 43.1 Å². The minimum Gasteiger partial charge on any atom is -0.277 e. The van der Waals surface area contributed by atoms with Gasteiger partial charge < -0.3 is 0 Å². The fraction of sp³-hybridized carbons (Fsp3) is 0.143. The number of hydrogen-bond donors (Lipinski definition) is 0. The quantitative estimate of drug-likeness (QED) is 0.341. The van der Waals surface area contributed by atoms with Gasteiger partial charge in [-0.3, -0.25) is 42.5 Å². The third-order valence-corrected chi connectivity index (χ3v) is 6.71. The van der Waals surface area contributed by atoms with Crippen LogP contribution >= 0.6 is 0 Å². The molecule has 0 saturated carbocycles. The second-order valence-corrected chi connectivity index (χ2v) is 8.73. The number of nitrogens with zero attached hydrogens (tertiary/aromatic N) is 3. The van der Waals surface area contributed by atoms with Crippen LogP contribution in [0.5, 0.6) is 0 Å². The van der Waals surface area contributed by atoms with Crippen LogP contribution in [-0.4, -0.2) is 13.7 Å². The molecule has 37 heavy (non-hydrogen) atoms. The highest BCUT2D eigenvalue weighted by molar-refractivity contribution is 6.05. The zero-order valence-electron chi connectivity index (χ0n) is 20.3. The van der Waals surface area contributed by atoms with Gasteiger partial charge in [-0.1, -0.05) is 36.4 Å². The van der Waals surface area contributed by atoms with Gasteiger partial charge in [0.25, 0.3) is 33.4 Å². The monoisotopic (exact) mass is 495 g/mol. The van der Waals surface area contributed by atoms with E-state index in [4.69, 9.17) is 0 Å². The highest BCUT2D eigenvalue weighted by Gasteiger charge is 2.17. The molecule has 0 atom stereocenters. The van der Waals surface area contributed by atoms with Crippen LogP contribution in [-0.2, 0) is 20.6 Å². The number of benzene rings is 3. The molecule has 0 unspecified atom stereocenters. The molecule has 0 spiro atoms. The summed E-state index contributed by atoms with van der Waals surface area (Å²) >= 11 is 0. The first-order valence-electron chi connectivity index (χ1n) is 11.5. The van der Waals surface area contributed by atoms with E-state index in [2.05, 4.69) is 0 Å². The molecule has 6 aromatic rings. The van der Waals surface area contributed by atoms with Gasteiger partial charge in [-0.2, -0.15) is 0 Å². The van der Waals surface area contributed by atoms with Gasteiger partial charge in [0.05, 0.1) is 21.5 Å². The van der Waals surface area contributed by atoms with Gasteiger partial charge in [-0.15, -0.1) is 0 Å². The highest BCUT2D eigenvalue weighted by atomic mass is 16.2. The van der Waals surface area contributed by atoms with Gasteiger partial charge >= 0.3 is 0 Å². The zero-order chi connectivity index (χ0) is 26.6. The second-order valence-electron chi connectivity index (χ2n) is 8.73. The molecule has 3 aromatic carbocycles. The summed E-state index contributed by atoms with van der Waals surface area (Å²) < 4.78 is 3.25. The summed E-state index contributed by atoms with van der Waals surface area (Å²) in [6.45, 7) is 1.96. The Labute approximate surface area is 207 Å². The Morgan fingerprint density at radius 1 is 0.459 bits per heavy atom. The molecule has 0 aliphatic rings. The lowest BCUT2D eigenvalue weighted by Gasteiger charge is -1.94. The summed E-state index contributed by atoms with van der Waals surface area (Å²) in [5.41, 5.74) is -2.24. The molecule has 3 aromatic heterocycles. The summed E-state index contributed by atoms with van der Waals surface area (Å²) in [6.07, 6.45) is 0. The molecule has 9 nitrogen and oxygen atoms in total. The van der Waals surface area contributed by atoms with Gasteiger partial charge in [-0.05, 0) is 42.0 Å². The average molecular weight is 495 g/mol. The molecular weight excluding hydrogens is 474 g/mol. The Bertz CT molecular complexity index is 2080. The predicted octanol–water partition coefficient (Wildman–Crippen LogP) is 1.52. The smallest absolute Gasteiger partial charge is 0.261 e. The maximum Gasteiger partial charge on any atom is 0.261 e. The molecule has 0 amide bonds. The third-order valence-electron chi connectivity index (χ3n) is 6.71. The first-order chi connectivity index (χ1) is 17.7. The molecule has 6 rings (SSSR count). The van der Waals surface area contributed by atoms with Crippen molar-refractivity contribution in [1.82, 2.24) is 13.7 Å². The SMILES string of the molecule is CCn1c(=O)c2cc3c(=O)n(C)c(=O)c3cc2c1=O.Cn1c(=O)c2ccccc2c2ccccc2c1=O. The fourth-order valence-corrected chi connectivity index (χ4v) is 4.69. The van der Waals surface area contributed by atoms with Crippen molar-refractivity contribution in [2.45, 2.75) is 13.5 Å². The number of rotatable bonds is 1. The van der Waals surface area contributed by atoms with Crippen molar-refractivity contribution < 1.29 is 0 Å². The molecule has 9 heteroatoms. The number of aromatic nitrogens is 3. The second kappa shape index (κ2) is 8.63. The van der Waals surface area contributed by atoms with Gasteiger partial charge in [0.15, 0.2) is 0 Å². The zero-order valence-corrected chi connectivity index (χ0v) is 20.3. The van der Waals surface area contributed by atoms with Gasteiger partial charge in [0.2, 0.25) is 0 Å². The van der Waals surface area contributed by atoms with E-state index in [0.717, 1.165) is 19.9 Å². The molecule has 0 bridgehead atoms. The van der Waals surface area contributed by atoms with E-state index in [1.807, 2.05) is 36.4 Å². The Morgan fingerprint density at radius 2 is 0.757 bits per heavy atom. The fourth-order valence-electron chi connectivity index (χ4n) is 4.69. The predicted molar refractivity (Wildman–Crippen MR) is 145 cm³/mol. The summed E-state index contributed by atoms with van der Waals surface area (Å²) in [6, 6.07) is 17.3. The molecule has 0 aliphatic carbocycles. The summed E-state index contributed by atoms with van der Waals surface area (Å²) in [5, 5.41) is 3.53. The van der Waals surface area contributed by atoms with Crippen molar-refractivity contribution in [3.63, 3.8) is 0 Å². The summed E-state index contributed by atoms with van der Waals surface area (Å²) in [5.74, 6) is 0. The molecule has 0 aliphatic heterocycles. The molecule has 0 radical (unpaired) electrons. The molecule has 3 heterocycles. The van der Waals surface area contributed by atoms with E-state index >= 15 is 0 Å². The summed E-state index contributed by atoms with van der Waals surface area (Å²) in [4.78, 5) is 72.1. The minimum absolute atomic E-state index is 0.186.